The van der Waals surface area contributed by atoms with E-state index in [1.807, 2.05) is 18.7 Å². The SMILES string of the molecule is CCN(CC(C)C(=O)NN)CC(C)(C)O. The average molecular weight is 217 g/mol. The lowest BCUT2D eigenvalue weighted by Gasteiger charge is -2.29. The Morgan fingerprint density at radius 2 is 2.13 bits per heavy atom. The molecule has 0 rings (SSSR count). The first kappa shape index (κ1) is 14.3. The van der Waals surface area contributed by atoms with E-state index >= 15 is 0 Å². The number of nitrogens with zero attached hydrogens (tertiary/aromatic N) is 1. The first-order chi connectivity index (χ1) is 6.80. The number of hydrogen-bond acceptors (Lipinski definition) is 4. The van der Waals surface area contributed by atoms with Crippen LogP contribution in [-0.4, -0.2) is 41.1 Å². The second-order valence-corrected chi connectivity index (χ2v) is 4.55. The van der Waals surface area contributed by atoms with E-state index in [-0.39, 0.29) is 11.8 Å². The largest absolute Gasteiger partial charge is 0.389 e. The third kappa shape index (κ3) is 6.43. The number of nitrogens with one attached hydrogen (secondary N) is 1. The normalized spacial score (nSPS) is 14.1. The summed E-state index contributed by atoms with van der Waals surface area (Å²) in [6.45, 7) is 9.27. The molecule has 1 unspecified atom stereocenters. The maximum absolute atomic E-state index is 11.2. The van der Waals surface area contributed by atoms with Gasteiger partial charge in [-0.05, 0) is 20.4 Å². The van der Waals surface area contributed by atoms with Gasteiger partial charge < -0.3 is 5.11 Å². The molecule has 0 aromatic rings. The molecule has 0 fully saturated rings. The summed E-state index contributed by atoms with van der Waals surface area (Å²) in [4.78, 5) is 13.2. The zero-order valence-electron chi connectivity index (χ0n) is 10.1. The van der Waals surface area contributed by atoms with Gasteiger partial charge in [0.25, 0.3) is 0 Å². The predicted octanol–water partition coefficient (Wildman–Crippen LogP) is -0.295. The van der Waals surface area contributed by atoms with Crippen molar-refractivity contribution in [3.8, 4) is 0 Å². The van der Waals surface area contributed by atoms with Gasteiger partial charge in [-0.2, -0.15) is 0 Å². The van der Waals surface area contributed by atoms with Crippen LogP contribution < -0.4 is 11.3 Å². The Balaban J connectivity index is 4.15. The van der Waals surface area contributed by atoms with Gasteiger partial charge in [-0.25, -0.2) is 5.84 Å². The van der Waals surface area contributed by atoms with E-state index in [0.29, 0.717) is 13.1 Å². The molecule has 4 N–H and O–H groups in total. The quantitative estimate of drug-likeness (QED) is 0.324. The molecular weight excluding hydrogens is 194 g/mol. The van der Waals surface area contributed by atoms with E-state index in [1.54, 1.807) is 13.8 Å². The van der Waals surface area contributed by atoms with Crippen LogP contribution in [0, 0.1) is 5.92 Å². The van der Waals surface area contributed by atoms with Crippen LogP contribution in [0.1, 0.15) is 27.7 Å². The van der Waals surface area contributed by atoms with Crippen molar-refractivity contribution in [1.82, 2.24) is 10.3 Å². The third-order valence-corrected chi connectivity index (χ3v) is 2.18. The van der Waals surface area contributed by atoms with Crippen molar-refractivity contribution in [3.05, 3.63) is 0 Å². The number of nitrogens with two attached hydrogens (primary N) is 1. The van der Waals surface area contributed by atoms with Crippen LogP contribution in [0.15, 0.2) is 0 Å². The number of hydrogen-bond donors (Lipinski definition) is 3. The van der Waals surface area contributed by atoms with Crippen LogP contribution in [0.5, 0.6) is 0 Å². The van der Waals surface area contributed by atoms with Crippen LogP contribution in [0.25, 0.3) is 0 Å². The molecule has 0 saturated carbocycles. The van der Waals surface area contributed by atoms with Gasteiger partial charge in [-0.15, -0.1) is 0 Å². The van der Waals surface area contributed by atoms with E-state index < -0.39 is 5.60 Å². The molecule has 90 valence electrons. The number of carbonyl (C=O) groups excluding carboxylic acids is 1. The Bertz CT molecular complexity index is 201. The fourth-order valence-electron chi connectivity index (χ4n) is 1.47. The smallest absolute Gasteiger partial charge is 0.237 e. The van der Waals surface area contributed by atoms with E-state index in [2.05, 4.69) is 5.43 Å². The summed E-state index contributed by atoms with van der Waals surface area (Å²) in [6, 6.07) is 0. The summed E-state index contributed by atoms with van der Waals surface area (Å²) in [5.41, 5.74) is 1.39. The molecule has 0 heterocycles. The number of likely N-dealkylation sites (N-methyl/N-ethyl adjacent to an activating group) is 1. The van der Waals surface area contributed by atoms with Crippen molar-refractivity contribution in [2.24, 2.45) is 11.8 Å². The minimum Gasteiger partial charge on any atom is -0.389 e. The van der Waals surface area contributed by atoms with E-state index in [0.717, 1.165) is 6.54 Å². The number of aliphatic hydroxyl groups is 1. The van der Waals surface area contributed by atoms with Crippen LogP contribution >= 0.6 is 0 Å². The van der Waals surface area contributed by atoms with Crippen molar-refractivity contribution in [2.45, 2.75) is 33.3 Å². The van der Waals surface area contributed by atoms with Crippen molar-refractivity contribution in [2.75, 3.05) is 19.6 Å². The van der Waals surface area contributed by atoms with E-state index in [1.165, 1.54) is 0 Å². The fourth-order valence-corrected chi connectivity index (χ4v) is 1.47. The standard InChI is InChI=1S/C10H23N3O2/c1-5-13(7-10(3,4)15)6-8(2)9(14)12-11/h8,15H,5-7,11H2,1-4H3,(H,12,14). The Morgan fingerprint density at radius 1 is 1.60 bits per heavy atom. The van der Waals surface area contributed by atoms with Crippen molar-refractivity contribution >= 4 is 5.91 Å². The summed E-state index contributed by atoms with van der Waals surface area (Å²) < 4.78 is 0. The monoisotopic (exact) mass is 217 g/mol. The Labute approximate surface area is 91.6 Å². The number of rotatable bonds is 6. The Morgan fingerprint density at radius 3 is 2.47 bits per heavy atom. The summed E-state index contributed by atoms with van der Waals surface area (Å²) in [5, 5.41) is 9.66. The van der Waals surface area contributed by atoms with Crippen LogP contribution in [0.2, 0.25) is 0 Å². The molecule has 0 aliphatic heterocycles. The van der Waals surface area contributed by atoms with Gasteiger partial charge in [-0.3, -0.25) is 15.1 Å². The second kappa shape index (κ2) is 6.05. The van der Waals surface area contributed by atoms with Crippen molar-refractivity contribution in [3.63, 3.8) is 0 Å². The third-order valence-electron chi connectivity index (χ3n) is 2.18. The number of amides is 1. The van der Waals surface area contributed by atoms with E-state index in [4.69, 9.17) is 5.84 Å². The van der Waals surface area contributed by atoms with Crippen LogP contribution in [0.3, 0.4) is 0 Å². The predicted molar refractivity (Wildman–Crippen MR) is 59.9 cm³/mol. The average Bonchev–Trinajstić information content (AvgIpc) is 2.13. The van der Waals surface area contributed by atoms with Gasteiger partial charge in [-0.1, -0.05) is 13.8 Å². The molecule has 5 nitrogen and oxygen atoms in total. The zero-order valence-corrected chi connectivity index (χ0v) is 10.1. The van der Waals surface area contributed by atoms with Crippen molar-refractivity contribution < 1.29 is 9.90 Å². The summed E-state index contributed by atoms with van der Waals surface area (Å²) in [6.07, 6.45) is 0. The summed E-state index contributed by atoms with van der Waals surface area (Å²) >= 11 is 0. The fraction of sp³-hybridized carbons (Fsp3) is 0.900. The summed E-state index contributed by atoms with van der Waals surface area (Å²) in [5.74, 6) is 4.70. The molecule has 1 amide bonds. The molecule has 1 atom stereocenters. The maximum Gasteiger partial charge on any atom is 0.237 e. The molecule has 0 aliphatic rings. The highest BCUT2D eigenvalue weighted by Gasteiger charge is 2.21. The molecule has 5 heteroatoms. The highest BCUT2D eigenvalue weighted by molar-refractivity contribution is 5.77. The summed E-state index contributed by atoms with van der Waals surface area (Å²) in [7, 11) is 0. The molecule has 0 aliphatic carbocycles. The maximum atomic E-state index is 11.2. The molecule has 0 aromatic heterocycles. The van der Waals surface area contributed by atoms with Gasteiger partial charge in [0.15, 0.2) is 0 Å². The molecule has 0 saturated heterocycles. The minimum atomic E-state index is -0.741. The highest BCUT2D eigenvalue weighted by atomic mass is 16.3. The van der Waals surface area contributed by atoms with Gasteiger partial charge in [0.2, 0.25) is 5.91 Å². The lowest BCUT2D eigenvalue weighted by atomic mass is 10.1. The van der Waals surface area contributed by atoms with Gasteiger partial charge >= 0.3 is 0 Å². The first-order valence-electron chi connectivity index (χ1n) is 5.25. The van der Waals surface area contributed by atoms with Gasteiger partial charge in [0, 0.05) is 19.0 Å². The number of hydrazine groups is 1. The topological polar surface area (TPSA) is 78.6 Å². The Kier molecular flexibility index (Phi) is 5.79. The van der Waals surface area contributed by atoms with Crippen molar-refractivity contribution in [1.29, 1.82) is 0 Å². The minimum absolute atomic E-state index is 0.169. The van der Waals surface area contributed by atoms with E-state index in [9.17, 15) is 9.90 Å². The first-order valence-corrected chi connectivity index (χ1v) is 5.25. The molecule has 0 aromatic carbocycles. The molecule has 0 spiro atoms. The molecular formula is C10H23N3O2. The highest BCUT2D eigenvalue weighted by Crippen LogP contribution is 2.07. The molecule has 0 radical (unpaired) electrons. The molecule has 0 bridgehead atoms. The second-order valence-electron chi connectivity index (χ2n) is 4.55. The van der Waals surface area contributed by atoms with Gasteiger partial charge in [0.1, 0.15) is 0 Å². The lowest BCUT2D eigenvalue weighted by molar-refractivity contribution is -0.125. The number of carbonyl (C=O) groups is 1. The van der Waals surface area contributed by atoms with Crippen LogP contribution in [-0.2, 0) is 4.79 Å². The zero-order chi connectivity index (χ0) is 12.1. The molecule has 15 heavy (non-hydrogen) atoms. The lowest BCUT2D eigenvalue weighted by Crippen LogP contribution is -2.44. The van der Waals surface area contributed by atoms with Gasteiger partial charge in [0.05, 0.1) is 5.60 Å². The Hall–Kier alpha value is -0.650. The van der Waals surface area contributed by atoms with Crippen LogP contribution in [0.4, 0.5) is 0 Å².